The molecule has 1 atom stereocenters. The summed E-state index contributed by atoms with van der Waals surface area (Å²) in [6.07, 6.45) is 2.01. The van der Waals surface area contributed by atoms with Gasteiger partial charge in [0, 0.05) is 10.2 Å². The minimum atomic E-state index is -0.281. The van der Waals surface area contributed by atoms with Gasteiger partial charge in [-0.05, 0) is 53.2 Å². The number of aliphatic hydroxyl groups excluding tert-OH is 1. The molecule has 0 aliphatic heterocycles. The molecule has 102 valence electrons. The maximum atomic E-state index is 9.66. The third-order valence-electron chi connectivity index (χ3n) is 3.09. The molecule has 3 heteroatoms. The molecule has 1 unspecified atom stereocenters. The molecular formula is C15H24BrNO. The van der Waals surface area contributed by atoms with Crippen LogP contribution in [0, 0.1) is 5.41 Å². The van der Waals surface area contributed by atoms with Crippen molar-refractivity contribution in [1.29, 1.82) is 0 Å². The van der Waals surface area contributed by atoms with Crippen molar-refractivity contribution < 1.29 is 5.11 Å². The molecule has 0 radical (unpaired) electrons. The Labute approximate surface area is 119 Å². The summed E-state index contributed by atoms with van der Waals surface area (Å²) in [4.78, 5) is 0. The second-order valence-corrected chi connectivity index (χ2v) is 7.24. The lowest BCUT2D eigenvalue weighted by Gasteiger charge is -2.33. The second kappa shape index (κ2) is 6.07. The van der Waals surface area contributed by atoms with Crippen molar-refractivity contribution in [1.82, 2.24) is 0 Å². The predicted molar refractivity (Wildman–Crippen MR) is 81.9 cm³/mol. The van der Waals surface area contributed by atoms with Crippen LogP contribution in [0.25, 0.3) is 0 Å². The zero-order valence-corrected chi connectivity index (χ0v) is 13.3. The minimum absolute atomic E-state index is 0.129. The van der Waals surface area contributed by atoms with Gasteiger partial charge in [0.15, 0.2) is 0 Å². The number of para-hydroxylation sites is 1. The molecule has 0 aliphatic carbocycles. The standard InChI is InChI=1S/C15H24BrNO/c1-14(2,3)9-10-15(4,11-18)17-13-8-6-5-7-12(13)16/h5-8,17-18H,9-11H2,1-4H3. The lowest BCUT2D eigenvalue weighted by Crippen LogP contribution is -2.39. The Morgan fingerprint density at radius 3 is 2.22 bits per heavy atom. The van der Waals surface area contributed by atoms with E-state index in [1.807, 2.05) is 24.3 Å². The Morgan fingerprint density at radius 1 is 1.11 bits per heavy atom. The minimum Gasteiger partial charge on any atom is -0.394 e. The summed E-state index contributed by atoms with van der Waals surface area (Å²) in [5.74, 6) is 0. The molecule has 0 heterocycles. The van der Waals surface area contributed by atoms with E-state index in [1.165, 1.54) is 0 Å². The van der Waals surface area contributed by atoms with Crippen molar-refractivity contribution in [2.24, 2.45) is 5.41 Å². The Morgan fingerprint density at radius 2 is 1.72 bits per heavy atom. The summed E-state index contributed by atoms with van der Waals surface area (Å²) >= 11 is 3.52. The summed E-state index contributed by atoms with van der Waals surface area (Å²) in [6, 6.07) is 8.01. The average Bonchev–Trinajstić information content (AvgIpc) is 2.29. The Balaban J connectivity index is 2.74. The van der Waals surface area contributed by atoms with Crippen LogP contribution < -0.4 is 5.32 Å². The van der Waals surface area contributed by atoms with Gasteiger partial charge in [0.1, 0.15) is 0 Å². The third-order valence-corrected chi connectivity index (χ3v) is 3.78. The lowest BCUT2D eigenvalue weighted by molar-refractivity contribution is 0.197. The summed E-state index contributed by atoms with van der Waals surface area (Å²) in [5.41, 5.74) is 1.03. The molecule has 0 saturated heterocycles. The Bertz CT molecular complexity index is 386. The van der Waals surface area contributed by atoms with Gasteiger partial charge in [-0.2, -0.15) is 0 Å². The van der Waals surface area contributed by atoms with Crippen LogP contribution in [0.1, 0.15) is 40.5 Å². The molecule has 1 rings (SSSR count). The van der Waals surface area contributed by atoms with Gasteiger partial charge < -0.3 is 10.4 Å². The van der Waals surface area contributed by atoms with Gasteiger partial charge in [-0.1, -0.05) is 32.9 Å². The largest absolute Gasteiger partial charge is 0.394 e. The van der Waals surface area contributed by atoms with Gasteiger partial charge in [-0.3, -0.25) is 0 Å². The zero-order chi connectivity index (χ0) is 13.8. The van der Waals surface area contributed by atoms with Crippen molar-refractivity contribution in [3.63, 3.8) is 0 Å². The van der Waals surface area contributed by atoms with E-state index in [4.69, 9.17) is 0 Å². The third kappa shape index (κ3) is 4.99. The number of nitrogens with one attached hydrogen (secondary N) is 1. The first-order valence-corrected chi connectivity index (χ1v) is 7.19. The fourth-order valence-corrected chi connectivity index (χ4v) is 2.10. The molecule has 0 saturated carbocycles. The molecule has 0 aliphatic rings. The van der Waals surface area contributed by atoms with E-state index in [0.29, 0.717) is 0 Å². The normalized spacial score (nSPS) is 15.2. The molecule has 2 N–H and O–H groups in total. The Kier molecular flexibility index (Phi) is 5.23. The van der Waals surface area contributed by atoms with Gasteiger partial charge in [0.05, 0.1) is 12.1 Å². The van der Waals surface area contributed by atoms with Crippen molar-refractivity contribution >= 4 is 21.6 Å². The van der Waals surface area contributed by atoms with Crippen molar-refractivity contribution in [3.05, 3.63) is 28.7 Å². The van der Waals surface area contributed by atoms with Gasteiger partial charge in [0.2, 0.25) is 0 Å². The predicted octanol–water partition coefficient (Wildman–Crippen LogP) is 4.44. The van der Waals surface area contributed by atoms with E-state index in [-0.39, 0.29) is 17.6 Å². The molecule has 0 bridgehead atoms. The molecular weight excluding hydrogens is 290 g/mol. The molecule has 1 aromatic carbocycles. The number of anilines is 1. The van der Waals surface area contributed by atoms with Crippen LogP contribution in [0.3, 0.4) is 0 Å². The number of hydrogen-bond acceptors (Lipinski definition) is 2. The second-order valence-electron chi connectivity index (χ2n) is 6.38. The van der Waals surface area contributed by atoms with E-state index in [0.717, 1.165) is 23.0 Å². The summed E-state index contributed by atoms with van der Waals surface area (Å²) in [7, 11) is 0. The van der Waals surface area contributed by atoms with Crippen LogP contribution in [-0.4, -0.2) is 17.3 Å². The highest BCUT2D eigenvalue weighted by Gasteiger charge is 2.26. The van der Waals surface area contributed by atoms with Crippen LogP contribution in [0.2, 0.25) is 0 Å². The molecule has 1 aromatic rings. The van der Waals surface area contributed by atoms with Crippen LogP contribution in [-0.2, 0) is 0 Å². The lowest BCUT2D eigenvalue weighted by atomic mass is 9.84. The van der Waals surface area contributed by atoms with Crippen molar-refractivity contribution in [3.8, 4) is 0 Å². The number of rotatable bonds is 5. The molecule has 18 heavy (non-hydrogen) atoms. The van der Waals surface area contributed by atoms with E-state index >= 15 is 0 Å². The quantitative estimate of drug-likeness (QED) is 0.842. The van der Waals surface area contributed by atoms with Gasteiger partial charge in [0.25, 0.3) is 0 Å². The van der Waals surface area contributed by atoms with E-state index < -0.39 is 0 Å². The molecule has 0 spiro atoms. The topological polar surface area (TPSA) is 32.3 Å². The molecule has 0 fully saturated rings. The Hall–Kier alpha value is -0.540. The van der Waals surface area contributed by atoms with E-state index in [1.54, 1.807) is 0 Å². The first-order chi connectivity index (χ1) is 8.26. The number of halogens is 1. The highest BCUT2D eigenvalue weighted by molar-refractivity contribution is 9.10. The number of hydrogen-bond donors (Lipinski definition) is 2. The molecule has 0 amide bonds. The molecule has 2 nitrogen and oxygen atoms in total. The zero-order valence-electron chi connectivity index (χ0n) is 11.8. The average molecular weight is 314 g/mol. The van der Waals surface area contributed by atoms with Crippen LogP contribution in [0.15, 0.2) is 28.7 Å². The fraction of sp³-hybridized carbons (Fsp3) is 0.600. The number of benzene rings is 1. The van der Waals surface area contributed by atoms with Crippen LogP contribution >= 0.6 is 15.9 Å². The first kappa shape index (κ1) is 15.5. The summed E-state index contributed by atoms with van der Waals surface area (Å²) < 4.78 is 1.03. The maximum Gasteiger partial charge on any atom is 0.0658 e. The first-order valence-electron chi connectivity index (χ1n) is 6.39. The van der Waals surface area contributed by atoms with Crippen molar-refractivity contribution in [2.75, 3.05) is 11.9 Å². The number of aliphatic hydroxyl groups is 1. The monoisotopic (exact) mass is 313 g/mol. The van der Waals surface area contributed by atoms with Crippen molar-refractivity contribution in [2.45, 2.75) is 46.1 Å². The van der Waals surface area contributed by atoms with Gasteiger partial charge in [-0.15, -0.1) is 0 Å². The van der Waals surface area contributed by atoms with Crippen LogP contribution in [0.5, 0.6) is 0 Å². The summed E-state index contributed by atoms with van der Waals surface area (Å²) in [5, 5.41) is 13.1. The van der Waals surface area contributed by atoms with E-state index in [2.05, 4.69) is 48.9 Å². The van der Waals surface area contributed by atoms with E-state index in [9.17, 15) is 5.11 Å². The SMILES string of the molecule is CC(C)(C)CCC(C)(CO)Nc1ccccc1Br. The summed E-state index contributed by atoms with van der Waals surface area (Å²) in [6.45, 7) is 8.87. The van der Waals surface area contributed by atoms with Gasteiger partial charge in [-0.25, -0.2) is 0 Å². The van der Waals surface area contributed by atoms with Crippen LogP contribution in [0.4, 0.5) is 5.69 Å². The highest BCUT2D eigenvalue weighted by atomic mass is 79.9. The highest BCUT2D eigenvalue weighted by Crippen LogP contribution is 2.30. The fourth-order valence-electron chi connectivity index (χ4n) is 1.72. The van der Waals surface area contributed by atoms with Gasteiger partial charge >= 0.3 is 0 Å². The maximum absolute atomic E-state index is 9.66. The molecule has 0 aromatic heterocycles. The smallest absolute Gasteiger partial charge is 0.0658 e.